The predicted octanol–water partition coefficient (Wildman–Crippen LogP) is 2.56. The summed E-state index contributed by atoms with van der Waals surface area (Å²) in [6.07, 6.45) is 1.70. The van der Waals surface area contributed by atoms with Crippen molar-refractivity contribution in [2.24, 2.45) is 5.73 Å². The molecule has 0 saturated carbocycles. The van der Waals surface area contributed by atoms with E-state index < -0.39 is 11.9 Å². The Morgan fingerprint density at radius 1 is 1.22 bits per heavy atom. The van der Waals surface area contributed by atoms with Crippen molar-refractivity contribution in [1.82, 2.24) is 0 Å². The van der Waals surface area contributed by atoms with Crippen molar-refractivity contribution in [3.8, 4) is 11.5 Å². The van der Waals surface area contributed by atoms with Crippen LogP contribution in [0.25, 0.3) is 0 Å². The number of allylic oxidation sites excluding steroid dienone is 2. The monoisotopic (exact) mass is 373 g/mol. The van der Waals surface area contributed by atoms with E-state index in [9.17, 15) is 9.59 Å². The van der Waals surface area contributed by atoms with Gasteiger partial charge >= 0.3 is 5.97 Å². The molecule has 2 N–H and O–H groups in total. The van der Waals surface area contributed by atoms with Crippen LogP contribution in [0.1, 0.15) is 37.7 Å². The third-order valence-corrected chi connectivity index (χ3v) is 4.72. The number of hydrogen-bond acceptors (Lipinski definition) is 7. The molecular formula is C20H23NO6. The molecule has 7 nitrogen and oxygen atoms in total. The molecule has 1 aliphatic carbocycles. The van der Waals surface area contributed by atoms with Crippen molar-refractivity contribution >= 4 is 11.8 Å². The second-order valence-corrected chi connectivity index (χ2v) is 6.26. The van der Waals surface area contributed by atoms with Gasteiger partial charge in [-0.25, -0.2) is 4.79 Å². The van der Waals surface area contributed by atoms with Gasteiger partial charge in [-0.15, -0.1) is 0 Å². The molecule has 1 heterocycles. The summed E-state index contributed by atoms with van der Waals surface area (Å²) in [5.41, 5.74) is 7.36. The van der Waals surface area contributed by atoms with Gasteiger partial charge in [0.2, 0.25) is 5.88 Å². The van der Waals surface area contributed by atoms with Crippen molar-refractivity contribution in [2.75, 3.05) is 20.8 Å². The Labute approximate surface area is 157 Å². The van der Waals surface area contributed by atoms with Crippen LogP contribution in [0.3, 0.4) is 0 Å². The van der Waals surface area contributed by atoms with E-state index in [1.807, 2.05) is 0 Å². The lowest BCUT2D eigenvalue weighted by atomic mass is 9.77. The molecule has 7 heteroatoms. The second kappa shape index (κ2) is 7.73. The first-order valence-corrected chi connectivity index (χ1v) is 8.84. The van der Waals surface area contributed by atoms with Crippen molar-refractivity contribution < 1.29 is 28.5 Å². The molecule has 3 rings (SSSR count). The van der Waals surface area contributed by atoms with Gasteiger partial charge in [-0.2, -0.15) is 0 Å². The molecule has 1 aromatic rings. The lowest BCUT2D eigenvalue weighted by molar-refractivity contribution is -0.139. The summed E-state index contributed by atoms with van der Waals surface area (Å²) in [6, 6.07) is 5.26. The van der Waals surface area contributed by atoms with Crippen LogP contribution in [0.4, 0.5) is 0 Å². The fourth-order valence-electron chi connectivity index (χ4n) is 3.53. The van der Waals surface area contributed by atoms with E-state index in [1.54, 1.807) is 32.2 Å². The molecule has 0 bridgehead atoms. The van der Waals surface area contributed by atoms with E-state index in [0.29, 0.717) is 47.7 Å². The Hall–Kier alpha value is -2.96. The maximum atomic E-state index is 12.7. The quantitative estimate of drug-likeness (QED) is 0.792. The highest BCUT2D eigenvalue weighted by atomic mass is 16.5. The highest BCUT2D eigenvalue weighted by molar-refractivity contribution is 6.03. The maximum absolute atomic E-state index is 12.7. The number of ether oxygens (including phenoxy) is 4. The number of methoxy groups -OCH3 is 2. The number of carbonyl (C=O) groups is 2. The van der Waals surface area contributed by atoms with E-state index in [4.69, 9.17) is 24.7 Å². The molecule has 1 atom stereocenters. The third kappa shape index (κ3) is 3.37. The third-order valence-electron chi connectivity index (χ3n) is 4.72. The summed E-state index contributed by atoms with van der Waals surface area (Å²) in [7, 11) is 3.07. The lowest BCUT2D eigenvalue weighted by Gasteiger charge is -2.32. The van der Waals surface area contributed by atoms with Crippen LogP contribution in [0.5, 0.6) is 11.5 Å². The van der Waals surface area contributed by atoms with Crippen molar-refractivity contribution in [2.45, 2.75) is 32.1 Å². The van der Waals surface area contributed by atoms with Crippen LogP contribution in [0.2, 0.25) is 0 Å². The van der Waals surface area contributed by atoms with Crippen LogP contribution in [0.15, 0.2) is 41.0 Å². The number of benzene rings is 1. The van der Waals surface area contributed by atoms with Crippen LogP contribution >= 0.6 is 0 Å². The summed E-state index contributed by atoms with van der Waals surface area (Å²) in [5, 5.41) is 0. The molecule has 1 aliphatic heterocycles. The molecule has 2 aliphatic rings. The Morgan fingerprint density at radius 3 is 2.63 bits per heavy atom. The van der Waals surface area contributed by atoms with Gasteiger partial charge in [0, 0.05) is 18.4 Å². The highest BCUT2D eigenvalue weighted by Crippen LogP contribution is 2.45. The number of rotatable bonds is 5. The SMILES string of the molecule is CCOC(=O)C1=C(N)OC2=C(C(=O)CCC2)C1c1ccc(OC)c(OC)c1. The zero-order valence-electron chi connectivity index (χ0n) is 15.7. The standard InChI is InChI=1S/C20H23NO6/c1-4-26-20(23)18-16(11-8-9-13(24-2)15(10-11)25-3)17-12(22)6-5-7-14(17)27-19(18)21/h8-10,16H,4-7,21H2,1-3H3. The Bertz CT molecular complexity index is 839. The molecule has 0 saturated heterocycles. The number of esters is 1. The molecule has 0 radical (unpaired) electrons. The minimum Gasteiger partial charge on any atom is -0.493 e. The minimum atomic E-state index is -0.666. The van der Waals surface area contributed by atoms with Gasteiger partial charge in [0.1, 0.15) is 11.3 Å². The van der Waals surface area contributed by atoms with Crippen LogP contribution in [0, 0.1) is 0 Å². The van der Waals surface area contributed by atoms with Crippen LogP contribution in [-0.4, -0.2) is 32.6 Å². The topological polar surface area (TPSA) is 97.1 Å². The maximum Gasteiger partial charge on any atom is 0.340 e. The summed E-state index contributed by atoms with van der Waals surface area (Å²) in [6.45, 7) is 1.90. The minimum absolute atomic E-state index is 0.0262. The molecule has 144 valence electrons. The fourth-order valence-corrected chi connectivity index (χ4v) is 3.53. The largest absolute Gasteiger partial charge is 0.493 e. The number of Topliss-reactive ketones (excluding diaryl/α,β-unsaturated/α-hetero) is 1. The molecule has 1 unspecified atom stereocenters. The zero-order chi connectivity index (χ0) is 19.6. The molecule has 27 heavy (non-hydrogen) atoms. The lowest BCUT2D eigenvalue weighted by Crippen LogP contribution is -2.31. The van der Waals surface area contributed by atoms with E-state index in [1.165, 1.54) is 7.11 Å². The molecule has 0 fully saturated rings. The Balaban J connectivity index is 2.18. The predicted molar refractivity (Wildman–Crippen MR) is 97.1 cm³/mol. The average Bonchev–Trinajstić information content (AvgIpc) is 2.66. The smallest absolute Gasteiger partial charge is 0.340 e. The number of hydrogen-bond donors (Lipinski definition) is 1. The van der Waals surface area contributed by atoms with Crippen LogP contribution < -0.4 is 15.2 Å². The van der Waals surface area contributed by atoms with E-state index in [0.717, 1.165) is 0 Å². The van der Waals surface area contributed by atoms with Gasteiger partial charge in [-0.3, -0.25) is 4.79 Å². The molecule has 0 spiro atoms. The van der Waals surface area contributed by atoms with E-state index >= 15 is 0 Å². The van der Waals surface area contributed by atoms with Gasteiger partial charge in [-0.1, -0.05) is 6.07 Å². The first kappa shape index (κ1) is 18.8. The van der Waals surface area contributed by atoms with Crippen molar-refractivity contribution in [3.05, 3.63) is 46.6 Å². The normalized spacial score (nSPS) is 19.4. The Morgan fingerprint density at radius 2 is 1.96 bits per heavy atom. The molecule has 0 aromatic heterocycles. The van der Waals surface area contributed by atoms with Crippen LogP contribution in [-0.2, 0) is 19.1 Å². The summed E-state index contributed by atoms with van der Waals surface area (Å²) >= 11 is 0. The van der Waals surface area contributed by atoms with Crippen molar-refractivity contribution in [1.29, 1.82) is 0 Å². The second-order valence-electron chi connectivity index (χ2n) is 6.26. The number of nitrogens with two attached hydrogens (primary N) is 1. The summed E-state index contributed by atoms with van der Waals surface area (Å²) in [5.74, 6) is 0.226. The molecule has 0 amide bonds. The fraction of sp³-hybridized carbons (Fsp3) is 0.400. The molecular weight excluding hydrogens is 350 g/mol. The van der Waals surface area contributed by atoms with Crippen molar-refractivity contribution in [3.63, 3.8) is 0 Å². The van der Waals surface area contributed by atoms with Gasteiger partial charge in [0.05, 0.1) is 26.7 Å². The van der Waals surface area contributed by atoms with E-state index in [2.05, 4.69) is 0 Å². The number of ketones is 1. The van der Waals surface area contributed by atoms with E-state index in [-0.39, 0.29) is 23.8 Å². The first-order chi connectivity index (χ1) is 13.0. The van der Waals surface area contributed by atoms with Gasteiger partial charge < -0.3 is 24.7 Å². The zero-order valence-corrected chi connectivity index (χ0v) is 15.7. The van der Waals surface area contributed by atoms with Gasteiger partial charge in [0.25, 0.3) is 0 Å². The summed E-state index contributed by atoms with van der Waals surface area (Å²) in [4.78, 5) is 25.3. The number of carbonyl (C=O) groups excluding carboxylic acids is 2. The molecule has 1 aromatic carbocycles. The highest BCUT2D eigenvalue weighted by Gasteiger charge is 2.41. The summed E-state index contributed by atoms with van der Waals surface area (Å²) < 4.78 is 21.5. The first-order valence-electron chi connectivity index (χ1n) is 8.84. The van der Waals surface area contributed by atoms with Gasteiger partial charge in [0.15, 0.2) is 17.3 Å². The van der Waals surface area contributed by atoms with Gasteiger partial charge in [-0.05, 0) is 31.0 Å². The Kier molecular flexibility index (Phi) is 5.39. The average molecular weight is 373 g/mol.